The van der Waals surface area contributed by atoms with Crippen molar-refractivity contribution < 1.29 is 4.79 Å². The van der Waals surface area contributed by atoms with Gasteiger partial charge in [0, 0.05) is 29.4 Å². The van der Waals surface area contributed by atoms with Crippen LogP contribution in [0.25, 0.3) is 0 Å². The fourth-order valence-electron chi connectivity index (χ4n) is 2.12. The maximum absolute atomic E-state index is 12.0. The number of carbonyl (C=O) groups is 1. The number of rotatable bonds is 5. The highest BCUT2D eigenvalue weighted by molar-refractivity contribution is 8.00. The van der Waals surface area contributed by atoms with E-state index in [1.807, 2.05) is 4.90 Å². The molecule has 2 heterocycles. The lowest BCUT2D eigenvalue weighted by molar-refractivity contribution is -0.127. The molecule has 1 unspecified atom stereocenters. The van der Waals surface area contributed by atoms with Crippen LogP contribution in [-0.2, 0) is 4.79 Å². The molecule has 3 nitrogen and oxygen atoms in total. The van der Waals surface area contributed by atoms with Gasteiger partial charge in [0.15, 0.2) is 0 Å². The van der Waals surface area contributed by atoms with Crippen molar-refractivity contribution in [2.24, 2.45) is 5.73 Å². The number of likely N-dealkylation sites (tertiary alicyclic amines) is 1. The first-order valence-corrected chi connectivity index (χ1v) is 8.23. The first-order chi connectivity index (χ1) is 8.70. The van der Waals surface area contributed by atoms with Gasteiger partial charge in [-0.25, -0.2) is 0 Å². The van der Waals surface area contributed by atoms with Crippen LogP contribution in [-0.4, -0.2) is 36.2 Å². The Labute approximate surface area is 117 Å². The van der Waals surface area contributed by atoms with E-state index in [4.69, 9.17) is 5.73 Å². The number of thioether (sulfide) groups is 1. The van der Waals surface area contributed by atoms with Crippen LogP contribution in [0.4, 0.5) is 0 Å². The Balaban J connectivity index is 1.85. The molecular weight excluding hydrogens is 264 g/mol. The van der Waals surface area contributed by atoms with E-state index in [2.05, 4.69) is 19.1 Å². The lowest BCUT2D eigenvalue weighted by Crippen LogP contribution is -2.29. The number of carbonyl (C=O) groups excluding carboxylic acids is 1. The summed E-state index contributed by atoms with van der Waals surface area (Å²) >= 11 is 3.46. The molecule has 1 fully saturated rings. The lowest BCUT2D eigenvalue weighted by atomic mass is 10.3. The first kappa shape index (κ1) is 13.9. The van der Waals surface area contributed by atoms with E-state index in [0.717, 1.165) is 25.9 Å². The Morgan fingerprint density at radius 3 is 2.78 bits per heavy atom. The van der Waals surface area contributed by atoms with Gasteiger partial charge in [-0.05, 0) is 31.9 Å². The summed E-state index contributed by atoms with van der Waals surface area (Å²) < 4.78 is 0. The van der Waals surface area contributed by atoms with Gasteiger partial charge in [0.25, 0.3) is 0 Å². The van der Waals surface area contributed by atoms with E-state index in [-0.39, 0.29) is 11.2 Å². The molecule has 2 N–H and O–H groups in total. The average molecular weight is 284 g/mol. The van der Waals surface area contributed by atoms with Crippen LogP contribution in [0.15, 0.2) is 12.1 Å². The van der Waals surface area contributed by atoms with Crippen molar-refractivity contribution in [3.05, 3.63) is 21.9 Å². The fourth-order valence-corrected chi connectivity index (χ4v) is 4.25. The summed E-state index contributed by atoms with van der Waals surface area (Å²) in [5.74, 6) is 0.822. The van der Waals surface area contributed by atoms with Gasteiger partial charge in [0.05, 0.1) is 11.0 Å². The fraction of sp³-hybridized carbons (Fsp3) is 0.615. The summed E-state index contributed by atoms with van der Waals surface area (Å²) in [6.07, 6.45) is 2.31. The minimum atomic E-state index is 0.259. The Bertz CT molecular complexity index is 399. The van der Waals surface area contributed by atoms with Crippen molar-refractivity contribution in [1.29, 1.82) is 0 Å². The summed E-state index contributed by atoms with van der Waals surface area (Å²) in [4.78, 5) is 16.5. The van der Waals surface area contributed by atoms with Crippen LogP contribution in [0, 0.1) is 6.92 Å². The third-order valence-electron chi connectivity index (χ3n) is 3.16. The second kappa shape index (κ2) is 6.59. The Morgan fingerprint density at radius 2 is 2.22 bits per heavy atom. The first-order valence-electron chi connectivity index (χ1n) is 6.36. The molecule has 1 atom stereocenters. The van der Waals surface area contributed by atoms with Gasteiger partial charge in [-0.3, -0.25) is 4.79 Å². The molecule has 0 aromatic carbocycles. The van der Waals surface area contributed by atoms with Crippen molar-refractivity contribution in [3.63, 3.8) is 0 Å². The molecule has 2 rings (SSSR count). The van der Waals surface area contributed by atoms with Gasteiger partial charge in [-0.15, -0.1) is 23.1 Å². The molecule has 0 saturated carbocycles. The zero-order valence-corrected chi connectivity index (χ0v) is 12.4. The quantitative estimate of drug-likeness (QED) is 0.903. The third-order valence-corrected chi connectivity index (χ3v) is 5.69. The van der Waals surface area contributed by atoms with Crippen LogP contribution in [0.5, 0.6) is 0 Å². The summed E-state index contributed by atoms with van der Waals surface area (Å²) in [7, 11) is 0. The normalized spacial score (nSPS) is 17.1. The standard InChI is InChI=1S/C13H20N2OS2/c1-10-4-5-11(18-10)12(8-14)17-9-13(16)15-6-2-3-7-15/h4-5,12H,2-3,6-9,14H2,1H3. The molecule has 0 bridgehead atoms. The molecule has 18 heavy (non-hydrogen) atoms. The third kappa shape index (κ3) is 3.49. The summed E-state index contributed by atoms with van der Waals surface area (Å²) in [6.45, 7) is 4.56. The van der Waals surface area contributed by atoms with E-state index < -0.39 is 0 Å². The summed E-state index contributed by atoms with van der Waals surface area (Å²) in [5, 5.41) is 0.259. The molecule has 0 spiro atoms. The average Bonchev–Trinajstić information content (AvgIpc) is 3.01. The van der Waals surface area contributed by atoms with E-state index in [1.54, 1.807) is 23.1 Å². The van der Waals surface area contributed by atoms with Gasteiger partial charge < -0.3 is 10.6 Å². The van der Waals surface area contributed by atoms with Gasteiger partial charge in [0.2, 0.25) is 5.91 Å². The van der Waals surface area contributed by atoms with Crippen molar-refractivity contribution in [2.45, 2.75) is 25.0 Å². The number of aryl methyl sites for hydroxylation is 1. The second-order valence-corrected chi connectivity index (χ2v) is 7.08. The number of nitrogens with zero attached hydrogens (tertiary/aromatic N) is 1. The number of hydrogen-bond acceptors (Lipinski definition) is 4. The SMILES string of the molecule is Cc1ccc(C(CN)SCC(=O)N2CCCC2)s1. The topological polar surface area (TPSA) is 46.3 Å². The molecule has 1 aliphatic rings. The highest BCUT2D eigenvalue weighted by Crippen LogP contribution is 2.33. The van der Waals surface area contributed by atoms with E-state index in [9.17, 15) is 4.79 Å². The van der Waals surface area contributed by atoms with Crippen LogP contribution >= 0.6 is 23.1 Å². The molecule has 1 aliphatic heterocycles. The number of nitrogens with two attached hydrogens (primary N) is 1. The molecular formula is C13H20N2OS2. The zero-order valence-electron chi connectivity index (χ0n) is 10.7. The second-order valence-electron chi connectivity index (χ2n) is 4.57. The summed E-state index contributed by atoms with van der Waals surface area (Å²) in [6, 6.07) is 4.25. The Kier molecular flexibility index (Phi) is 5.09. The molecule has 1 amide bonds. The van der Waals surface area contributed by atoms with E-state index >= 15 is 0 Å². The number of thiophene rings is 1. The van der Waals surface area contributed by atoms with Gasteiger partial charge in [-0.2, -0.15) is 0 Å². The summed E-state index contributed by atoms with van der Waals surface area (Å²) in [5.41, 5.74) is 5.81. The highest BCUT2D eigenvalue weighted by atomic mass is 32.2. The van der Waals surface area contributed by atoms with Crippen LogP contribution in [0.3, 0.4) is 0 Å². The maximum atomic E-state index is 12.0. The largest absolute Gasteiger partial charge is 0.342 e. The highest BCUT2D eigenvalue weighted by Gasteiger charge is 2.20. The molecule has 100 valence electrons. The van der Waals surface area contributed by atoms with Crippen molar-refractivity contribution >= 4 is 29.0 Å². The van der Waals surface area contributed by atoms with Gasteiger partial charge in [0.1, 0.15) is 0 Å². The Hall–Kier alpha value is -0.520. The number of hydrogen-bond donors (Lipinski definition) is 1. The van der Waals surface area contributed by atoms with Crippen molar-refractivity contribution in [2.75, 3.05) is 25.4 Å². The molecule has 1 saturated heterocycles. The predicted octanol–water partition coefficient (Wildman–Crippen LogP) is 2.41. The van der Waals surface area contributed by atoms with Crippen LogP contribution in [0.2, 0.25) is 0 Å². The number of amides is 1. The molecule has 1 aromatic rings. The van der Waals surface area contributed by atoms with Crippen molar-refractivity contribution in [1.82, 2.24) is 4.90 Å². The maximum Gasteiger partial charge on any atom is 0.232 e. The molecule has 5 heteroatoms. The Morgan fingerprint density at radius 1 is 1.50 bits per heavy atom. The minimum Gasteiger partial charge on any atom is -0.342 e. The minimum absolute atomic E-state index is 0.259. The van der Waals surface area contributed by atoms with Gasteiger partial charge >= 0.3 is 0 Å². The molecule has 1 aromatic heterocycles. The van der Waals surface area contributed by atoms with Gasteiger partial charge in [-0.1, -0.05) is 0 Å². The van der Waals surface area contributed by atoms with E-state index in [0.29, 0.717) is 12.3 Å². The van der Waals surface area contributed by atoms with Crippen LogP contribution in [0.1, 0.15) is 27.8 Å². The lowest BCUT2D eigenvalue weighted by Gasteiger charge is -2.17. The molecule has 0 radical (unpaired) electrons. The van der Waals surface area contributed by atoms with Crippen molar-refractivity contribution in [3.8, 4) is 0 Å². The zero-order chi connectivity index (χ0) is 13.0. The monoisotopic (exact) mass is 284 g/mol. The smallest absolute Gasteiger partial charge is 0.232 e. The van der Waals surface area contributed by atoms with E-state index in [1.165, 1.54) is 9.75 Å². The van der Waals surface area contributed by atoms with Crippen LogP contribution < -0.4 is 5.73 Å². The predicted molar refractivity (Wildman–Crippen MR) is 79.1 cm³/mol. The molecule has 0 aliphatic carbocycles.